The van der Waals surface area contributed by atoms with Crippen molar-refractivity contribution in [3.63, 3.8) is 0 Å². The Morgan fingerprint density at radius 3 is 2.68 bits per heavy atom. The van der Waals surface area contributed by atoms with Crippen LogP contribution in [0, 0.1) is 0 Å². The zero-order chi connectivity index (χ0) is 17.4. The first-order chi connectivity index (χ1) is 12.1. The molecule has 2 aliphatic rings. The Morgan fingerprint density at radius 1 is 1.24 bits per heavy atom. The van der Waals surface area contributed by atoms with Crippen LogP contribution in [0.4, 0.5) is 5.82 Å². The van der Waals surface area contributed by atoms with Gasteiger partial charge in [0, 0.05) is 49.7 Å². The Balaban J connectivity index is 1.65. The van der Waals surface area contributed by atoms with Gasteiger partial charge in [-0.25, -0.2) is 4.98 Å². The first-order valence-electron chi connectivity index (χ1n) is 8.87. The number of fused-ring (bicyclic) bond motifs is 1. The number of hydrogen-bond acceptors (Lipinski definition) is 7. The molecule has 0 spiro atoms. The maximum atomic E-state index is 6.20. The summed E-state index contributed by atoms with van der Waals surface area (Å²) < 4.78 is 6.60. The highest BCUT2D eigenvalue weighted by Gasteiger charge is 2.26. The number of hydrogen-bond donors (Lipinski definition) is 1. The molecule has 1 unspecified atom stereocenters. The minimum atomic E-state index is 0.322. The van der Waals surface area contributed by atoms with E-state index in [1.807, 2.05) is 0 Å². The van der Waals surface area contributed by atoms with E-state index in [0.29, 0.717) is 17.4 Å². The van der Waals surface area contributed by atoms with Gasteiger partial charge in [0.05, 0.1) is 23.4 Å². The van der Waals surface area contributed by atoms with Gasteiger partial charge < -0.3 is 15.0 Å². The second kappa shape index (κ2) is 7.32. The molecule has 2 aromatic rings. The van der Waals surface area contributed by atoms with Crippen molar-refractivity contribution in [3.8, 4) is 0 Å². The van der Waals surface area contributed by atoms with E-state index in [9.17, 15) is 0 Å². The molecule has 0 amide bonds. The van der Waals surface area contributed by atoms with Gasteiger partial charge in [0.25, 0.3) is 0 Å². The van der Waals surface area contributed by atoms with Crippen molar-refractivity contribution in [2.45, 2.75) is 32.5 Å². The van der Waals surface area contributed by atoms with E-state index in [-0.39, 0.29) is 0 Å². The fourth-order valence-corrected chi connectivity index (χ4v) is 4.96. The van der Waals surface area contributed by atoms with Gasteiger partial charge in [0.2, 0.25) is 5.28 Å². The number of aromatic nitrogens is 2. The maximum absolute atomic E-state index is 6.20. The van der Waals surface area contributed by atoms with Crippen LogP contribution >= 0.6 is 22.9 Å². The molecule has 136 valence electrons. The zero-order valence-corrected chi connectivity index (χ0v) is 16.2. The number of halogens is 1. The molecule has 0 aliphatic carbocycles. The van der Waals surface area contributed by atoms with Crippen LogP contribution in [0.1, 0.15) is 18.7 Å². The summed E-state index contributed by atoms with van der Waals surface area (Å²) in [6.07, 6.45) is 0. The third kappa shape index (κ3) is 3.61. The number of rotatable bonds is 3. The molecular weight excluding hydrogens is 358 g/mol. The number of nitrogens with zero attached hydrogens (tertiary/aromatic N) is 4. The third-order valence-electron chi connectivity index (χ3n) is 5.04. The number of thiophene rings is 1. The largest absolute Gasteiger partial charge is 0.378 e. The highest BCUT2D eigenvalue weighted by atomic mass is 35.5. The van der Waals surface area contributed by atoms with Crippen LogP contribution < -0.4 is 10.2 Å². The minimum absolute atomic E-state index is 0.322. The molecule has 0 saturated carbocycles. The number of ether oxygens (including phenoxy) is 1. The highest BCUT2D eigenvalue weighted by molar-refractivity contribution is 7.19. The molecule has 0 radical (unpaired) electrons. The summed E-state index contributed by atoms with van der Waals surface area (Å²) in [7, 11) is 0. The van der Waals surface area contributed by atoms with Gasteiger partial charge in [-0.3, -0.25) is 4.90 Å². The summed E-state index contributed by atoms with van der Waals surface area (Å²) >= 11 is 7.99. The van der Waals surface area contributed by atoms with E-state index < -0.39 is 0 Å². The Bertz CT molecular complexity index is 738. The van der Waals surface area contributed by atoms with Gasteiger partial charge in [-0.15, -0.1) is 11.3 Å². The average Bonchev–Trinajstić information content (AvgIpc) is 3.00. The van der Waals surface area contributed by atoms with Crippen molar-refractivity contribution in [1.82, 2.24) is 20.2 Å². The first kappa shape index (κ1) is 17.4. The van der Waals surface area contributed by atoms with Gasteiger partial charge >= 0.3 is 0 Å². The number of morpholine rings is 1. The zero-order valence-electron chi connectivity index (χ0n) is 14.7. The van der Waals surface area contributed by atoms with Crippen LogP contribution in [0.3, 0.4) is 0 Å². The van der Waals surface area contributed by atoms with E-state index in [1.54, 1.807) is 11.3 Å². The Labute approximate surface area is 157 Å². The predicted molar refractivity (Wildman–Crippen MR) is 103 cm³/mol. The molecule has 2 atom stereocenters. The number of anilines is 1. The Hall–Kier alpha value is -0.990. The smallest absolute Gasteiger partial charge is 0.224 e. The summed E-state index contributed by atoms with van der Waals surface area (Å²) in [5.74, 6) is 0.955. The monoisotopic (exact) mass is 381 g/mol. The molecular formula is C17H24ClN5OS. The molecule has 4 rings (SSSR count). The van der Waals surface area contributed by atoms with E-state index in [1.165, 1.54) is 4.88 Å². The van der Waals surface area contributed by atoms with Gasteiger partial charge in [0.1, 0.15) is 0 Å². The average molecular weight is 382 g/mol. The van der Waals surface area contributed by atoms with Crippen molar-refractivity contribution < 1.29 is 4.74 Å². The van der Waals surface area contributed by atoms with Crippen LogP contribution in [0.5, 0.6) is 0 Å². The van der Waals surface area contributed by atoms with Crippen LogP contribution in [0.15, 0.2) is 6.07 Å². The molecule has 4 heterocycles. The standard InChI is InChI=1S/C17H24ClN5OS/c1-11-8-19-9-12(2)23(11)10-13-7-14-15(25-13)16(21-17(18)20-14)22-3-5-24-6-4-22/h7,11-12,19H,3-6,8-10H2,1-2H3/t11-,12?/m1/s1. The topological polar surface area (TPSA) is 53.5 Å². The lowest BCUT2D eigenvalue weighted by Gasteiger charge is -2.39. The van der Waals surface area contributed by atoms with Crippen molar-refractivity contribution >= 4 is 39.0 Å². The summed E-state index contributed by atoms with van der Waals surface area (Å²) in [6.45, 7) is 10.8. The molecule has 25 heavy (non-hydrogen) atoms. The second-order valence-electron chi connectivity index (χ2n) is 6.87. The summed E-state index contributed by atoms with van der Waals surface area (Å²) in [5, 5.41) is 3.81. The SMILES string of the molecule is CC1CNC[C@@H](C)N1Cc1cc2nc(Cl)nc(N3CCOCC3)c2s1. The van der Waals surface area contributed by atoms with E-state index in [2.05, 4.69) is 45.0 Å². The molecule has 0 bridgehead atoms. The lowest BCUT2D eigenvalue weighted by Crippen LogP contribution is -2.54. The van der Waals surface area contributed by atoms with Crippen LogP contribution in [0.25, 0.3) is 10.2 Å². The molecule has 6 nitrogen and oxygen atoms in total. The molecule has 2 fully saturated rings. The molecule has 0 aromatic carbocycles. The molecule has 8 heteroatoms. The molecule has 2 aromatic heterocycles. The lowest BCUT2D eigenvalue weighted by atomic mass is 10.1. The summed E-state index contributed by atoms with van der Waals surface area (Å²) in [5.41, 5.74) is 0.955. The Kier molecular flexibility index (Phi) is 5.11. The van der Waals surface area contributed by atoms with Crippen molar-refractivity contribution in [3.05, 3.63) is 16.2 Å². The molecule has 2 aliphatic heterocycles. The summed E-state index contributed by atoms with van der Waals surface area (Å²) in [6, 6.07) is 3.24. The predicted octanol–water partition coefficient (Wildman–Crippen LogP) is 2.36. The number of piperazine rings is 1. The van der Waals surface area contributed by atoms with Gasteiger partial charge in [-0.1, -0.05) is 0 Å². The highest BCUT2D eigenvalue weighted by Crippen LogP contribution is 2.34. The van der Waals surface area contributed by atoms with Crippen LogP contribution in [0.2, 0.25) is 5.28 Å². The van der Waals surface area contributed by atoms with Gasteiger partial charge in [-0.05, 0) is 31.5 Å². The van der Waals surface area contributed by atoms with Crippen molar-refractivity contribution in [2.75, 3.05) is 44.3 Å². The van der Waals surface area contributed by atoms with E-state index >= 15 is 0 Å². The van der Waals surface area contributed by atoms with E-state index in [4.69, 9.17) is 16.3 Å². The van der Waals surface area contributed by atoms with Crippen molar-refractivity contribution in [2.24, 2.45) is 0 Å². The third-order valence-corrected chi connectivity index (χ3v) is 6.31. The normalized spacial score (nSPS) is 25.6. The first-order valence-corrected chi connectivity index (χ1v) is 10.1. The maximum Gasteiger partial charge on any atom is 0.224 e. The van der Waals surface area contributed by atoms with Crippen molar-refractivity contribution in [1.29, 1.82) is 0 Å². The fourth-order valence-electron chi connectivity index (χ4n) is 3.67. The molecule has 1 N–H and O–H groups in total. The Morgan fingerprint density at radius 2 is 1.96 bits per heavy atom. The fraction of sp³-hybridized carbons (Fsp3) is 0.647. The summed E-state index contributed by atoms with van der Waals surface area (Å²) in [4.78, 5) is 15.1. The lowest BCUT2D eigenvalue weighted by molar-refractivity contribution is 0.110. The van der Waals surface area contributed by atoms with Gasteiger partial charge in [0.15, 0.2) is 5.82 Å². The van der Waals surface area contributed by atoms with E-state index in [0.717, 1.165) is 62.0 Å². The number of nitrogens with one attached hydrogen (secondary N) is 1. The van der Waals surface area contributed by atoms with Crippen LogP contribution in [-0.2, 0) is 11.3 Å². The molecule has 2 saturated heterocycles. The second-order valence-corrected chi connectivity index (χ2v) is 8.35. The quantitative estimate of drug-likeness (QED) is 0.824. The van der Waals surface area contributed by atoms with Crippen LogP contribution in [-0.4, -0.2) is 66.3 Å². The minimum Gasteiger partial charge on any atom is -0.378 e. The van der Waals surface area contributed by atoms with Gasteiger partial charge in [-0.2, -0.15) is 4.98 Å².